The summed E-state index contributed by atoms with van der Waals surface area (Å²) in [5.74, 6) is -5.83. The van der Waals surface area contributed by atoms with Gasteiger partial charge in [0.05, 0.1) is 21.3 Å². The highest BCUT2D eigenvalue weighted by Crippen LogP contribution is 2.44. The third-order valence-corrected chi connectivity index (χ3v) is 7.05. The first-order chi connectivity index (χ1) is 18.6. The number of benzene rings is 2. The van der Waals surface area contributed by atoms with Gasteiger partial charge >= 0.3 is 18.1 Å². The van der Waals surface area contributed by atoms with Crippen molar-refractivity contribution in [3.05, 3.63) is 71.1 Å². The molecule has 4 rings (SSSR count). The van der Waals surface area contributed by atoms with Gasteiger partial charge in [0.1, 0.15) is 5.69 Å². The molecule has 0 bridgehead atoms. The number of aromatic nitrogens is 3. The van der Waals surface area contributed by atoms with E-state index in [9.17, 15) is 26.7 Å². The number of alkyl halides is 5. The maximum atomic E-state index is 15.7. The number of hydrogen-bond donors (Lipinski definition) is 3. The van der Waals surface area contributed by atoms with E-state index in [1.165, 1.54) is 35.7 Å². The lowest BCUT2D eigenvalue weighted by atomic mass is 9.98. The predicted octanol–water partition coefficient (Wildman–Crippen LogP) is 7.58. The van der Waals surface area contributed by atoms with Gasteiger partial charge in [-0.2, -0.15) is 22.0 Å². The summed E-state index contributed by atoms with van der Waals surface area (Å²) in [4.78, 5) is 25.7. The minimum absolute atomic E-state index is 0.0106. The third kappa shape index (κ3) is 5.86. The summed E-state index contributed by atoms with van der Waals surface area (Å²) in [6.07, 6.45) is -4.32. The van der Waals surface area contributed by atoms with E-state index in [4.69, 9.17) is 5.73 Å². The number of nitrogens with two attached hydrogens (primary N) is 1. The van der Waals surface area contributed by atoms with Crippen LogP contribution in [0.1, 0.15) is 31.3 Å². The Labute approximate surface area is 228 Å². The molecule has 2 heterocycles. The third-order valence-electron chi connectivity index (χ3n) is 5.54. The summed E-state index contributed by atoms with van der Waals surface area (Å²) in [7, 11) is 0. The highest BCUT2D eigenvalue weighted by molar-refractivity contribution is 7.15. The molecule has 4 N–H and O–H groups in total. The molecular weight excluding hydrogens is 558 g/mol. The Kier molecular flexibility index (Phi) is 7.49. The van der Waals surface area contributed by atoms with Crippen LogP contribution in [0, 0.1) is 5.82 Å². The molecule has 0 atom stereocenters. The fraction of sp³-hybridized carbons (Fsp3) is 0.231. The minimum Gasteiger partial charge on any atom is -0.368 e. The molecule has 0 saturated carbocycles. The van der Waals surface area contributed by atoms with E-state index >= 15 is 4.39 Å². The molecule has 2 amide bonds. The van der Waals surface area contributed by atoms with Crippen molar-refractivity contribution in [1.82, 2.24) is 15.0 Å². The van der Waals surface area contributed by atoms with Crippen molar-refractivity contribution in [3.8, 4) is 21.8 Å². The van der Waals surface area contributed by atoms with Crippen molar-refractivity contribution in [2.45, 2.75) is 38.3 Å². The molecule has 0 aliphatic heterocycles. The van der Waals surface area contributed by atoms with Gasteiger partial charge in [-0.1, -0.05) is 45.0 Å². The number of thiazole rings is 1. The number of nitrogens with one attached hydrogen (secondary N) is 2. The first-order valence-corrected chi connectivity index (χ1v) is 12.4. The summed E-state index contributed by atoms with van der Waals surface area (Å²) >= 11 is 1.25. The molecule has 7 nitrogen and oxygen atoms in total. The first-order valence-electron chi connectivity index (χ1n) is 11.6. The molecule has 0 saturated heterocycles. The lowest BCUT2D eigenvalue weighted by molar-refractivity contribution is -0.289. The summed E-state index contributed by atoms with van der Waals surface area (Å²) in [5.41, 5.74) is 4.65. The zero-order valence-corrected chi connectivity index (χ0v) is 22.0. The van der Waals surface area contributed by atoms with Crippen LogP contribution in [0.15, 0.2) is 54.7 Å². The SMILES string of the molecule is CC(C)(C)c1nc(-c2ccnc(N)n2)c(-c2cccc(NC(=O)Nc3ccc(C(F)(F)C(F)(F)F)cc3)c2F)s1. The van der Waals surface area contributed by atoms with Gasteiger partial charge in [-0.15, -0.1) is 11.3 Å². The zero-order chi connectivity index (χ0) is 29.5. The molecule has 0 fully saturated rings. The molecule has 0 aliphatic carbocycles. The van der Waals surface area contributed by atoms with Gasteiger partial charge in [0, 0.05) is 28.4 Å². The Bertz CT molecular complexity index is 1550. The van der Waals surface area contributed by atoms with E-state index in [1.54, 1.807) is 6.07 Å². The van der Waals surface area contributed by atoms with Crippen LogP contribution < -0.4 is 16.4 Å². The van der Waals surface area contributed by atoms with E-state index in [-0.39, 0.29) is 28.3 Å². The second-order valence-electron chi connectivity index (χ2n) is 9.64. The average molecular weight is 581 g/mol. The summed E-state index contributed by atoms with van der Waals surface area (Å²) in [6, 6.07) is 7.81. The van der Waals surface area contributed by atoms with E-state index < -0.39 is 29.5 Å². The number of hydrogen-bond acceptors (Lipinski definition) is 6. The van der Waals surface area contributed by atoms with E-state index in [0.29, 0.717) is 33.4 Å². The van der Waals surface area contributed by atoms with Crippen LogP contribution in [-0.4, -0.2) is 27.2 Å². The molecule has 2 aromatic heterocycles. The molecule has 0 spiro atoms. The van der Waals surface area contributed by atoms with Crippen LogP contribution in [0.3, 0.4) is 0 Å². The Balaban J connectivity index is 1.61. The Hall–Kier alpha value is -4.20. The largest absolute Gasteiger partial charge is 0.458 e. The van der Waals surface area contributed by atoms with Gasteiger partial charge in [-0.3, -0.25) is 0 Å². The lowest BCUT2D eigenvalue weighted by Gasteiger charge is -2.20. The number of anilines is 3. The Morgan fingerprint density at radius 2 is 1.60 bits per heavy atom. The standard InChI is InChI=1S/C26H22F6N6OS/c1-24(2,3)21-38-19(17-11-12-34-22(33)36-17)20(40-21)15-5-4-6-16(18(15)27)37-23(39)35-14-9-7-13(8-10-14)25(28,29)26(30,31)32/h4-12H,1-3H3,(H2,33,34,36)(H2,35,37,39). The van der Waals surface area contributed by atoms with Crippen LogP contribution in [0.5, 0.6) is 0 Å². The molecular formula is C26H22F6N6OS. The van der Waals surface area contributed by atoms with Gasteiger partial charge < -0.3 is 16.4 Å². The summed E-state index contributed by atoms with van der Waals surface area (Å²) in [5, 5.41) is 5.31. The number of nitrogens with zero attached hydrogens (tertiary/aromatic N) is 3. The van der Waals surface area contributed by atoms with Crippen molar-refractivity contribution >= 4 is 34.7 Å². The number of carbonyl (C=O) groups excluding carboxylic acids is 1. The van der Waals surface area contributed by atoms with Gasteiger partial charge in [0.2, 0.25) is 5.95 Å². The van der Waals surface area contributed by atoms with Crippen molar-refractivity contribution in [2.24, 2.45) is 0 Å². The maximum Gasteiger partial charge on any atom is 0.458 e. The molecule has 0 unspecified atom stereocenters. The topological polar surface area (TPSA) is 106 Å². The van der Waals surface area contributed by atoms with Crippen molar-refractivity contribution in [1.29, 1.82) is 0 Å². The molecule has 2 aromatic carbocycles. The summed E-state index contributed by atoms with van der Waals surface area (Å²) in [6.45, 7) is 5.84. The normalized spacial score (nSPS) is 12.3. The van der Waals surface area contributed by atoms with Crippen LogP contribution in [-0.2, 0) is 11.3 Å². The van der Waals surface area contributed by atoms with Crippen LogP contribution in [0.4, 0.5) is 48.5 Å². The number of amides is 2. The fourth-order valence-corrected chi connectivity index (χ4v) is 4.67. The number of nitrogen functional groups attached to an aromatic ring is 1. The van der Waals surface area contributed by atoms with Crippen molar-refractivity contribution < 1.29 is 31.1 Å². The number of urea groups is 1. The zero-order valence-electron chi connectivity index (χ0n) is 21.2. The highest BCUT2D eigenvalue weighted by Gasteiger charge is 2.58. The lowest BCUT2D eigenvalue weighted by Crippen LogP contribution is -2.33. The smallest absolute Gasteiger partial charge is 0.368 e. The fourth-order valence-electron chi connectivity index (χ4n) is 3.52. The predicted molar refractivity (Wildman–Crippen MR) is 141 cm³/mol. The maximum absolute atomic E-state index is 15.7. The van der Waals surface area contributed by atoms with Gasteiger partial charge in [-0.05, 0) is 24.3 Å². The Morgan fingerprint density at radius 1 is 0.925 bits per heavy atom. The molecule has 0 radical (unpaired) electrons. The van der Waals surface area contributed by atoms with E-state index in [2.05, 4.69) is 25.6 Å². The van der Waals surface area contributed by atoms with Gasteiger partial charge in [0.15, 0.2) is 5.82 Å². The molecule has 210 valence electrons. The highest BCUT2D eigenvalue weighted by atomic mass is 32.1. The second kappa shape index (κ2) is 10.4. The minimum atomic E-state index is -5.77. The van der Waals surface area contributed by atoms with Gasteiger partial charge in [-0.25, -0.2) is 24.1 Å². The van der Waals surface area contributed by atoms with Crippen molar-refractivity contribution in [2.75, 3.05) is 16.4 Å². The van der Waals surface area contributed by atoms with Crippen LogP contribution in [0.2, 0.25) is 0 Å². The number of carbonyl (C=O) groups is 1. The van der Waals surface area contributed by atoms with Crippen LogP contribution >= 0.6 is 11.3 Å². The average Bonchev–Trinajstić information content (AvgIpc) is 3.31. The Morgan fingerprint density at radius 3 is 2.20 bits per heavy atom. The molecule has 0 aliphatic rings. The number of rotatable bonds is 5. The summed E-state index contributed by atoms with van der Waals surface area (Å²) < 4.78 is 80.5. The molecule has 40 heavy (non-hydrogen) atoms. The second-order valence-corrected chi connectivity index (χ2v) is 10.6. The molecule has 4 aromatic rings. The monoisotopic (exact) mass is 580 g/mol. The first kappa shape index (κ1) is 28.8. The van der Waals surface area contributed by atoms with Gasteiger partial charge in [0.25, 0.3) is 0 Å². The van der Waals surface area contributed by atoms with Crippen LogP contribution in [0.25, 0.3) is 21.8 Å². The number of halogens is 6. The van der Waals surface area contributed by atoms with Crippen molar-refractivity contribution in [3.63, 3.8) is 0 Å². The van der Waals surface area contributed by atoms with E-state index in [0.717, 1.165) is 12.1 Å². The molecule has 14 heteroatoms. The van der Waals surface area contributed by atoms with E-state index in [1.807, 2.05) is 20.8 Å². The quantitative estimate of drug-likeness (QED) is 0.211.